The van der Waals surface area contributed by atoms with E-state index in [-0.39, 0.29) is 37.5 Å². The predicted octanol–water partition coefficient (Wildman–Crippen LogP) is 20.9. The first kappa shape index (κ1) is 71.5. The number of rotatable bonds is 52. The van der Waals surface area contributed by atoms with Gasteiger partial charge in [0.1, 0.15) is 13.2 Å². The smallest absolute Gasteiger partial charge is 0.306 e. The van der Waals surface area contributed by atoms with Gasteiger partial charge in [-0.2, -0.15) is 0 Å². The van der Waals surface area contributed by atoms with Crippen molar-refractivity contribution in [3.05, 3.63) is 182 Å². The molecular weight excluding hydrogens is 949 g/mol. The fourth-order valence-corrected chi connectivity index (χ4v) is 7.46. The van der Waals surface area contributed by atoms with E-state index in [0.717, 1.165) is 180 Å². The van der Waals surface area contributed by atoms with Gasteiger partial charge < -0.3 is 14.2 Å². The molecule has 0 rings (SSSR count). The molecular formula is C71H108O6. The van der Waals surface area contributed by atoms with Crippen molar-refractivity contribution in [1.82, 2.24) is 0 Å². The Labute approximate surface area is 472 Å². The normalized spacial score (nSPS) is 13.4. The van der Waals surface area contributed by atoms with E-state index in [9.17, 15) is 14.4 Å². The first-order chi connectivity index (χ1) is 38.0. The second-order valence-corrected chi connectivity index (χ2v) is 19.1. The molecule has 0 aliphatic carbocycles. The van der Waals surface area contributed by atoms with Crippen LogP contribution >= 0.6 is 0 Å². The molecule has 0 aliphatic rings. The molecule has 1 atom stereocenters. The summed E-state index contributed by atoms with van der Waals surface area (Å²) in [5.41, 5.74) is 0. The number of hydrogen-bond acceptors (Lipinski definition) is 6. The van der Waals surface area contributed by atoms with Gasteiger partial charge in [-0.15, -0.1) is 0 Å². The highest BCUT2D eigenvalue weighted by atomic mass is 16.6. The van der Waals surface area contributed by atoms with Crippen molar-refractivity contribution in [2.45, 2.75) is 232 Å². The molecule has 0 heterocycles. The number of unbranched alkanes of at least 4 members (excludes halogenated alkanes) is 11. The van der Waals surface area contributed by atoms with E-state index in [4.69, 9.17) is 14.2 Å². The maximum atomic E-state index is 12.9. The molecule has 0 aromatic carbocycles. The average molecular weight is 1060 g/mol. The second kappa shape index (κ2) is 63.0. The summed E-state index contributed by atoms with van der Waals surface area (Å²) in [7, 11) is 0. The molecule has 0 fully saturated rings. The molecule has 0 aromatic heterocycles. The van der Waals surface area contributed by atoms with Gasteiger partial charge in [-0.25, -0.2) is 0 Å². The van der Waals surface area contributed by atoms with Gasteiger partial charge in [-0.3, -0.25) is 14.4 Å². The van der Waals surface area contributed by atoms with Gasteiger partial charge in [0, 0.05) is 19.3 Å². The lowest BCUT2D eigenvalue weighted by Crippen LogP contribution is -2.30. The predicted molar refractivity (Wildman–Crippen MR) is 334 cm³/mol. The fourth-order valence-electron chi connectivity index (χ4n) is 7.46. The van der Waals surface area contributed by atoms with Crippen LogP contribution in [-0.4, -0.2) is 37.2 Å². The van der Waals surface area contributed by atoms with Gasteiger partial charge in [0.2, 0.25) is 0 Å². The van der Waals surface area contributed by atoms with Crippen molar-refractivity contribution in [2.75, 3.05) is 13.2 Å². The minimum absolute atomic E-state index is 0.121. The third-order valence-corrected chi connectivity index (χ3v) is 11.9. The summed E-state index contributed by atoms with van der Waals surface area (Å²) in [6, 6.07) is 0. The van der Waals surface area contributed by atoms with Crippen LogP contribution in [0, 0.1) is 0 Å². The lowest BCUT2D eigenvalue weighted by Gasteiger charge is -2.18. The zero-order valence-electron chi connectivity index (χ0n) is 48.9. The highest BCUT2D eigenvalue weighted by Crippen LogP contribution is 2.12. The maximum Gasteiger partial charge on any atom is 0.306 e. The molecule has 0 spiro atoms. The topological polar surface area (TPSA) is 78.9 Å². The summed E-state index contributed by atoms with van der Waals surface area (Å²) >= 11 is 0. The molecule has 1 unspecified atom stereocenters. The number of hydrogen-bond donors (Lipinski definition) is 0. The van der Waals surface area contributed by atoms with Crippen LogP contribution in [-0.2, 0) is 28.6 Å². The van der Waals surface area contributed by atoms with Crippen molar-refractivity contribution < 1.29 is 28.6 Å². The molecule has 0 saturated heterocycles. The highest BCUT2D eigenvalue weighted by molar-refractivity contribution is 5.71. The first-order valence-electron chi connectivity index (χ1n) is 30.3. The molecule has 0 bridgehead atoms. The zero-order valence-corrected chi connectivity index (χ0v) is 48.9. The molecule has 77 heavy (non-hydrogen) atoms. The Hall–Kier alpha value is -5.49. The van der Waals surface area contributed by atoms with Crippen LogP contribution in [0.1, 0.15) is 226 Å². The summed E-state index contributed by atoms with van der Waals surface area (Å²) in [5, 5.41) is 0. The Morgan fingerprint density at radius 3 is 0.740 bits per heavy atom. The van der Waals surface area contributed by atoms with Gasteiger partial charge >= 0.3 is 17.9 Å². The molecule has 0 aromatic rings. The fraction of sp³-hybridized carbons (Fsp3) is 0.535. The molecule has 6 nitrogen and oxygen atoms in total. The Bertz CT molecular complexity index is 1840. The van der Waals surface area contributed by atoms with E-state index < -0.39 is 6.10 Å². The van der Waals surface area contributed by atoms with Crippen LogP contribution in [0.2, 0.25) is 0 Å². The van der Waals surface area contributed by atoms with Gasteiger partial charge in [-0.05, 0) is 154 Å². The van der Waals surface area contributed by atoms with Crippen LogP contribution < -0.4 is 0 Å². The lowest BCUT2D eigenvalue weighted by molar-refractivity contribution is -0.167. The third-order valence-electron chi connectivity index (χ3n) is 11.9. The third kappa shape index (κ3) is 61.2. The van der Waals surface area contributed by atoms with Crippen LogP contribution in [0.3, 0.4) is 0 Å². The molecule has 0 aliphatic heterocycles. The van der Waals surface area contributed by atoms with E-state index in [1.54, 1.807) is 0 Å². The maximum absolute atomic E-state index is 12.9. The highest BCUT2D eigenvalue weighted by Gasteiger charge is 2.19. The second-order valence-electron chi connectivity index (χ2n) is 19.1. The standard InChI is InChI=1S/C71H108O6/c1-4-7-10-13-16-19-22-25-27-29-31-32-33-34-35-36-37-38-40-41-43-46-49-52-55-58-61-64-70(73)76-67-68(66-75-69(72)63-60-57-54-51-48-45-24-21-18-15-12-9-6-3)77-71(74)65-62-59-56-53-50-47-44-42-39-30-28-26-23-20-17-14-11-8-5-2/h7-12,16-21,25-28,31-32,34-35,37-39,41-43,45,47-48,50,68H,4-6,13-15,22-24,29-30,33,36,40,44,46,49,51-67H2,1-3H3/b10-7-,11-8-,12-9-,19-16-,20-17-,21-18-,27-25-,28-26-,32-31-,35-34-,38-37-,42-39-,43-41-,48-45-,50-47-. The van der Waals surface area contributed by atoms with Crippen molar-refractivity contribution in [3.63, 3.8) is 0 Å². The number of esters is 3. The van der Waals surface area contributed by atoms with Gasteiger partial charge in [-0.1, -0.05) is 235 Å². The monoisotopic (exact) mass is 1060 g/mol. The average Bonchev–Trinajstić information content (AvgIpc) is 3.43. The largest absolute Gasteiger partial charge is 0.462 e. The minimum atomic E-state index is -0.828. The van der Waals surface area contributed by atoms with Gasteiger partial charge in [0.25, 0.3) is 0 Å². The van der Waals surface area contributed by atoms with Crippen LogP contribution in [0.5, 0.6) is 0 Å². The molecule has 0 radical (unpaired) electrons. The molecule has 0 N–H and O–H groups in total. The van der Waals surface area contributed by atoms with Crippen LogP contribution in [0.15, 0.2) is 182 Å². The quantitative estimate of drug-likeness (QED) is 0.0261. The Morgan fingerprint density at radius 2 is 0.468 bits per heavy atom. The summed E-state index contributed by atoms with van der Waals surface area (Å²) in [4.78, 5) is 38.2. The van der Waals surface area contributed by atoms with E-state index in [2.05, 4.69) is 203 Å². The summed E-state index contributed by atoms with van der Waals surface area (Å²) < 4.78 is 16.8. The van der Waals surface area contributed by atoms with E-state index >= 15 is 0 Å². The number of ether oxygens (including phenoxy) is 3. The molecule has 6 heteroatoms. The molecule has 0 saturated carbocycles. The summed E-state index contributed by atoms with van der Waals surface area (Å²) in [6.07, 6.45) is 94.6. The molecule has 428 valence electrons. The van der Waals surface area contributed by atoms with E-state index in [1.807, 2.05) is 0 Å². The van der Waals surface area contributed by atoms with Crippen LogP contribution in [0.4, 0.5) is 0 Å². The van der Waals surface area contributed by atoms with Crippen molar-refractivity contribution in [1.29, 1.82) is 0 Å². The summed E-state index contributed by atoms with van der Waals surface area (Å²) in [6.45, 7) is 6.21. The number of allylic oxidation sites excluding steroid dienone is 30. The molecule has 0 amide bonds. The van der Waals surface area contributed by atoms with Gasteiger partial charge in [0.05, 0.1) is 0 Å². The number of carbonyl (C=O) groups is 3. The Balaban J connectivity index is 4.50. The number of carbonyl (C=O) groups excluding carboxylic acids is 3. The van der Waals surface area contributed by atoms with E-state index in [1.165, 1.54) is 0 Å². The zero-order chi connectivity index (χ0) is 55.7. The van der Waals surface area contributed by atoms with Crippen molar-refractivity contribution in [3.8, 4) is 0 Å². The Kier molecular flexibility index (Phi) is 58.6. The van der Waals surface area contributed by atoms with Crippen LogP contribution in [0.25, 0.3) is 0 Å². The van der Waals surface area contributed by atoms with Crippen molar-refractivity contribution in [2.24, 2.45) is 0 Å². The van der Waals surface area contributed by atoms with Crippen molar-refractivity contribution >= 4 is 17.9 Å². The van der Waals surface area contributed by atoms with Gasteiger partial charge in [0.15, 0.2) is 6.10 Å². The minimum Gasteiger partial charge on any atom is -0.462 e. The first-order valence-corrected chi connectivity index (χ1v) is 30.3. The van der Waals surface area contributed by atoms with E-state index in [0.29, 0.717) is 19.3 Å². The SMILES string of the molecule is CC/C=C\C/C=C\C/C=C\C/C=C\C/C=C\C/C=C\C/C=C\CCCCCCCC(=O)OCC(COC(=O)CCCCC/C=C\C/C=C\C/C=C\CC)OC(=O)CCCCC/C=C\C/C=C\C/C=C\C/C=C\C/C=C\CC. The Morgan fingerprint density at radius 1 is 0.260 bits per heavy atom. The summed E-state index contributed by atoms with van der Waals surface area (Å²) in [5.74, 6) is -1.01. The lowest BCUT2D eigenvalue weighted by atomic mass is 10.1.